The van der Waals surface area contributed by atoms with Crippen molar-refractivity contribution < 1.29 is 13.0 Å². The maximum Gasteiger partial charge on any atom is 0.264 e. The molecule has 2 rings (SSSR count). The number of para-hydroxylation sites is 1. The third kappa shape index (κ3) is 5.25. The zero-order valence-corrected chi connectivity index (χ0v) is 11.4. The van der Waals surface area contributed by atoms with Crippen LogP contribution in [0, 0.1) is 6.92 Å². The maximum atomic E-state index is 9.79. The molecule has 4 nitrogen and oxygen atoms in total. The average molecular weight is 273 g/mol. The average Bonchev–Trinajstić information content (AvgIpc) is 2.56. The molecule has 0 saturated carbocycles. The summed E-state index contributed by atoms with van der Waals surface area (Å²) in [7, 11) is -3.67. The van der Waals surface area contributed by atoms with Gasteiger partial charge in [-0.15, -0.1) is 11.3 Å². The van der Waals surface area contributed by atoms with E-state index in [1.54, 1.807) is 18.3 Å². The second-order valence-corrected chi connectivity index (χ2v) is 6.29. The highest BCUT2D eigenvalue weighted by molar-refractivity contribution is 7.85. The van der Waals surface area contributed by atoms with Crippen molar-refractivity contribution in [2.75, 3.05) is 5.75 Å². The summed E-state index contributed by atoms with van der Waals surface area (Å²) in [5.74, 6) is -0.132. The number of nitrogens with zero attached hydrogens (tertiary/aromatic N) is 1. The summed E-state index contributed by atoms with van der Waals surface area (Å²) in [6.07, 6.45) is 0.471. The Labute approximate surface area is 105 Å². The van der Waals surface area contributed by atoms with Crippen molar-refractivity contribution in [2.45, 2.75) is 20.3 Å². The molecule has 1 N–H and O–H groups in total. The van der Waals surface area contributed by atoms with Gasteiger partial charge in [-0.05, 0) is 25.5 Å². The van der Waals surface area contributed by atoms with Gasteiger partial charge in [0.05, 0.1) is 21.0 Å². The second-order valence-electron chi connectivity index (χ2n) is 3.49. The van der Waals surface area contributed by atoms with Crippen LogP contribution < -0.4 is 0 Å². The first-order valence-corrected chi connectivity index (χ1v) is 7.62. The summed E-state index contributed by atoms with van der Waals surface area (Å²) in [4.78, 5) is 4.33. The van der Waals surface area contributed by atoms with Crippen LogP contribution >= 0.6 is 11.3 Å². The first kappa shape index (κ1) is 14.1. The van der Waals surface area contributed by atoms with Gasteiger partial charge in [-0.25, -0.2) is 4.98 Å². The largest absolute Gasteiger partial charge is 0.286 e. The molecule has 2 aromatic rings. The third-order valence-corrected chi connectivity index (χ3v) is 3.74. The molecule has 0 amide bonds. The monoisotopic (exact) mass is 273 g/mol. The van der Waals surface area contributed by atoms with Crippen molar-refractivity contribution >= 4 is 31.7 Å². The van der Waals surface area contributed by atoms with Crippen LogP contribution in [0.15, 0.2) is 24.3 Å². The number of aryl methyl sites for hydroxylation is 1. The standard InChI is InChI=1S/C8H7NS.C3H8O3S/c1-6-9-7-4-2-3-5-8(7)10-6;1-2-3-7(4,5)6/h2-5H,1H3;2-3H2,1H3,(H,4,5,6). The van der Waals surface area contributed by atoms with E-state index in [2.05, 4.69) is 11.1 Å². The molecule has 0 saturated heterocycles. The highest BCUT2D eigenvalue weighted by Gasteiger charge is 1.98. The lowest BCUT2D eigenvalue weighted by Crippen LogP contribution is -2.01. The van der Waals surface area contributed by atoms with Crippen LogP contribution in [0.25, 0.3) is 10.2 Å². The number of hydrogen-bond acceptors (Lipinski definition) is 4. The number of benzene rings is 1. The van der Waals surface area contributed by atoms with E-state index in [9.17, 15) is 8.42 Å². The predicted octanol–water partition coefficient (Wildman–Crippen LogP) is 2.89. The van der Waals surface area contributed by atoms with Crippen molar-refractivity contribution in [1.29, 1.82) is 0 Å². The van der Waals surface area contributed by atoms with Crippen LogP contribution in [0.3, 0.4) is 0 Å². The van der Waals surface area contributed by atoms with Gasteiger partial charge < -0.3 is 0 Å². The smallest absolute Gasteiger partial charge is 0.264 e. The van der Waals surface area contributed by atoms with E-state index < -0.39 is 10.1 Å². The lowest BCUT2D eigenvalue weighted by atomic mass is 10.3. The van der Waals surface area contributed by atoms with Gasteiger partial charge in [-0.2, -0.15) is 8.42 Å². The molecule has 1 aromatic carbocycles. The molecule has 0 aliphatic carbocycles. The van der Waals surface area contributed by atoms with Gasteiger partial charge in [0.15, 0.2) is 0 Å². The molecule has 17 heavy (non-hydrogen) atoms. The fraction of sp³-hybridized carbons (Fsp3) is 0.364. The van der Waals surface area contributed by atoms with Gasteiger partial charge in [0.25, 0.3) is 10.1 Å². The van der Waals surface area contributed by atoms with Crippen molar-refractivity contribution in [3.63, 3.8) is 0 Å². The molecular weight excluding hydrogens is 258 g/mol. The quantitative estimate of drug-likeness (QED) is 0.854. The molecule has 1 heterocycles. The van der Waals surface area contributed by atoms with Gasteiger partial charge >= 0.3 is 0 Å². The zero-order chi connectivity index (χ0) is 12.9. The first-order valence-electron chi connectivity index (χ1n) is 5.19. The lowest BCUT2D eigenvalue weighted by molar-refractivity contribution is 0.482. The van der Waals surface area contributed by atoms with E-state index in [-0.39, 0.29) is 5.75 Å². The molecule has 1 aromatic heterocycles. The Morgan fingerprint density at radius 2 is 2.00 bits per heavy atom. The summed E-state index contributed by atoms with van der Waals surface area (Å²) in [6.45, 7) is 3.72. The Hall–Kier alpha value is -0.980. The van der Waals surface area contributed by atoms with Gasteiger partial charge in [-0.3, -0.25) is 4.55 Å². The van der Waals surface area contributed by atoms with Gasteiger partial charge in [0.1, 0.15) is 0 Å². The number of aromatic nitrogens is 1. The highest BCUT2D eigenvalue weighted by atomic mass is 32.2. The maximum absolute atomic E-state index is 9.79. The molecule has 0 aliphatic heterocycles. The molecule has 0 atom stereocenters. The van der Waals surface area contributed by atoms with Gasteiger partial charge in [-0.1, -0.05) is 19.1 Å². The van der Waals surface area contributed by atoms with Crippen LogP contribution in [-0.2, 0) is 10.1 Å². The Bertz CT molecular complexity index is 542. The van der Waals surface area contributed by atoms with E-state index in [0.717, 1.165) is 10.5 Å². The molecule has 0 radical (unpaired) electrons. The fourth-order valence-electron chi connectivity index (χ4n) is 1.25. The molecule has 0 spiro atoms. The summed E-state index contributed by atoms with van der Waals surface area (Å²) in [5, 5.41) is 1.14. The number of hydrogen-bond donors (Lipinski definition) is 1. The van der Waals surface area contributed by atoms with Crippen molar-refractivity contribution in [1.82, 2.24) is 4.98 Å². The minimum atomic E-state index is -3.67. The van der Waals surface area contributed by atoms with Crippen LogP contribution in [0.4, 0.5) is 0 Å². The minimum absolute atomic E-state index is 0.132. The Morgan fingerprint density at radius 3 is 2.47 bits per heavy atom. The Balaban J connectivity index is 0.000000185. The van der Waals surface area contributed by atoms with Crippen molar-refractivity contribution in [3.05, 3.63) is 29.3 Å². The second kappa shape index (κ2) is 6.09. The fourth-order valence-corrected chi connectivity index (χ4v) is 2.59. The Morgan fingerprint density at radius 1 is 1.35 bits per heavy atom. The highest BCUT2D eigenvalue weighted by Crippen LogP contribution is 2.19. The number of thiazole rings is 1. The van der Waals surface area contributed by atoms with E-state index in [0.29, 0.717) is 6.42 Å². The molecule has 94 valence electrons. The minimum Gasteiger partial charge on any atom is -0.286 e. The SMILES string of the molecule is CCCS(=O)(=O)O.Cc1nc2ccccc2s1. The van der Waals surface area contributed by atoms with Crippen LogP contribution in [-0.4, -0.2) is 23.7 Å². The summed E-state index contributed by atoms with van der Waals surface area (Å²) < 4.78 is 28.8. The van der Waals surface area contributed by atoms with Crippen LogP contribution in [0.1, 0.15) is 18.4 Å². The Kier molecular flexibility index (Phi) is 5.04. The molecule has 0 aliphatic rings. The first-order chi connectivity index (χ1) is 7.92. The zero-order valence-electron chi connectivity index (χ0n) is 9.75. The van der Waals surface area contributed by atoms with E-state index in [4.69, 9.17) is 4.55 Å². The van der Waals surface area contributed by atoms with Crippen LogP contribution in [0.5, 0.6) is 0 Å². The van der Waals surface area contributed by atoms with E-state index in [1.807, 2.05) is 25.1 Å². The molecule has 0 bridgehead atoms. The molecular formula is C11H15NO3S2. The molecule has 6 heteroatoms. The summed E-state index contributed by atoms with van der Waals surface area (Å²) >= 11 is 1.74. The van der Waals surface area contributed by atoms with E-state index >= 15 is 0 Å². The van der Waals surface area contributed by atoms with Crippen LogP contribution in [0.2, 0.25) is 0 Å². The summed E-state index contributed by atoms with van der Waals surface area (Å²) in [5.41, 5.74) is 1.12. The molecule has 0 unspecified atom stereocenters. The predicted molar refractivity (Wildman–Crippen MR) is 71.1 cm³/mol. The van der Waals surface area contributed by atoms with Crippen molar-refractivity contribution in [3.8, 4) is 0 Å². The van der Waals surface area contributed by atoms with Crippen molar-refractivity contribution in [2.24, 2.45) is 0 Å². The lowest BCUT2D eigenvalue weighted by Gasteiger charge is -1.85. The normalized spacial score (nSPS) is 11.0. The van der Waals surface area contributed by atoms with E-state index in [1.165, 1.54) is 4.70 Å². The van der Waals surface area contributed by atoms with Gasteiger partial charge in [0, 0.05) is 0 Å². The topological polar surface area (TPSA) is 67.3 Å². The summed E-state index contributed by atoms with van der Waals surface area (Å²) in [6, 6.07) is 8.19. The molecule has 0 fully saturated rings. The number of rotatable bonds is 2. The third-order valence-electron chi connectivity index (χ3n) is 1.86. The van der Waals surface area contributed by atoms with Gasteiger partial charge in [0.2, 0.25) is 0 Å². The number of fused-ring (bicyclic) bond motifs is 1.